The lowest BCUT2D eigenvalue weighted by molar-refractivity contribution is 0.590. The molecule has 0 fully saturated rings. The number of fused-ring (bicyclic) bond motifs is 27. The Bertz CT molecular complexity index is 9010. The van der Waals surface area contributed by atoms with Gasteiger partial charge in [-0.3, -0.25) is 0 Å². The highest BCUT2D eigenvalue weighted by molar-refractivity contribution is 6.28. The van der Waals surface area contributed by atoms with Gasteiger partial charge in [-0.2, -0.15) is 0 Å². The molecule has 6 aromatic heterocycles. The number of benzene rings is 19. The topological polar surface area (TPSA) is 78.1 Å². The quantitative estimate of drug-likeness (QED) is 0.148. The molecule has 25 rings (SSSR count). The molecular weight excluding hydrogens is 1580 g/mol. The highest BCUT2D eigenvalue weighted by Gasteiger charge is 2.26. The number of nitrogens with zero attached hydrogens (tertiary/aromatic N) is 3. The largest absolute Gasteiger partial charge is 0.455 e. The van der Waals surface area contributed by atoms with Gasteiger partial charge in [-0.05, 0) is 217 Å². The summed E-state index contributed by atoms with van der Waals surface area (Å²) in [5, 5.41) is 25.3. The minimum Gasteiger partial charge on any atom is -0.455 e. The predicted octanol–water partition coefficient (Wildman–Crippen LogP) is 35.1. The van der Waals surface area contributed by atoms with Crippen molar-refractivity contribution in [2.75, 3.05) is 0 Å². The molecule has 0 amide bonds. The van der Waals surface area contributed by atoms with E-state index in [9.17, 15) is 0 Å². The Morgan fingerprint density at radius 3 is 0.969 bits per heavy atom. The van der Waals surface area contributed by atoms with Crippen molar-refractivity contribution in [2.24, 2.45) is 0 Å². The average molecular weight is 1670 g/mol. The zero-order valence-electron chi connectivity index (χ0n) is 74.7. The summed E-state index contributed by atoms with van der Waals surface area (Å²) in [4.78, 5) is 16.3. The molecule has 6 nitrogen and oxygen atoms in total. The zero-order chi connectivity index (χ0) is 88.1. The van der Waals surface area contributed by atoms with Gasteiger partial charge in [-0.15, -0.1) is 0 Å². The molecule has 0 saturated heterocycles. The minimum atomic E-state index is 0.0511. The first-order valence-corrected chi connectivity index (χ1v) is 45.2. The average Bonchev–Trinajstić information content (AvgIpc) is 0.827. The van der Waals surface area contributed by atoms with E-state index in [-0.39, 0.29) is 10.8 Å². The first-order valence-electron chi connectivity index (χ1n) is 45.2. The van der Waals surface area contributed by atoms with Crippen molar-refractivity contribution in [1.29, 1.82) is 0 Å². The zero-order valence-corrected chi connectivity index (χ0v) is 74.7. The van der Waals surface area contributed by atoms with Crippen LogP contribution in [0.2, 0.25) is 0 Å². The van der Waals surface area contributed by atoms with Crippen molar-refractivity contribution >= 4 is 163 Å². The first kappa shape index (κ1) is 79.0. The van der Waals surface area contributed by atoms with Gasteiger partial charge in [0.25, 0.3) is 0 Å². The number of rotatable bonds is 7. The van der Waals surface area contributed by atoms with Crippen LogP contribution in [0, 0.1) is 34.6 Å². The molecule has 0 aliphatic carbocycles. The lowest BCUT2D eigenvalue weighted by Gasteiger charge is -2.22. The smallest absolute Gasteiger partial charge is 0.143 e. The molecule has 6 heterocycles. The van der Waals surface area contributed by atoms with Crippen molar-refractivity contribution in [1.82, 2.24) is 15.0 Å². The Hall–Kier alpha value is -15.6. The molecule has 0 atom stereocenters. The normalized spacial score (nSPS) is 12.1. The number of hydrogen-bond acceptors (Lipinski definition) is 6. The molecule has 0 bridgehead atoms. The first-order chi connectivity index (χ1) is 63.2. The van der Waals surface area contributed by atoms with Gasteiger partial charge in [0, 0.05) is 104 Å². The van der Waals surface area contributed by atoms with Crippen LogP contribution in [0.3, 0.4) is 0 Å². The maximum Gasteiger partial charge on any atom is 0.143 e. The van der Waals surface area contributed by atoms with Gasteiger partial charge < -0.3 is 13.3 Å². The molecule has 19 aromatic carbocycles. The molecule has 0 N–H and O–H groups in total. The molecular formula is C124H93N3O3. The number of pyridine rings is 3. The van der Waals surface area contributed by atoms with Crippen molar-refractivity contribution in [3.8, 4) is 78.3 Å². The van der Waals surface area contributed by atoms with E-state index in [1.807, 2.05) is 36.4 Å². The number of furan rings is 3. The fraction of sp³-hybridized carbons (Fsp3) is 0.105. The Kier molecular flexibility index (Phi) is 18.8. The van der Waals surface area contributed by atoms with Crippen LogP contribution in [0.15, 0.2) is 377 Å². The third-order valence-electron chi connectivity index (χ3n) is 26.8. The Morgan fingerprint density at radius 2 is 0.508 bits per heavy atom. The van der Waals surface area contributed by atoms with Gasteiger partial charge in [-0.1, -0.05) is 343 Å². The monoisotopic (exact) mass is 1670 g/mol. The Morgan fingerprint density at radius 1 is 0.200 bits per heavy atom. The third kappa shape index (κ3) is 13.5. The summed E-state index contributed by atoms with van der Waals surface area (Å²) in [6.07, 6.45) is 0. The van der Waals surface area contributed by atoms with E-state index in [1.54, 1.807) is 0 Å². The Balaban J connectivity index is 0.000000111. The van der Waals surface area contributed by atoms with E-state index in [4.69, 9.17) is 28.2 Å². The molecule has 0 saturated carbocycles. The lowest BCUT2D eigenvalue weighted by Crippen LogP contribution is -2.11. The second-order valence-corrected chi connectivity index (χ2v) is 37.5. The van der Waals surface area contributed by atoms with Crippen LogP contribution in [-0.2, 0) is 10.8 Å². The van der Waals surface area contributed by atoms with Crippen LogP contribution < -0.4 is 0 Å². The summed E-state index contributed by atoms with van der Waals surface area (Å²) in [6, 6.07) is 131. The van der Waals surface area contributed by atoms with Gasteiger partial charge in [0.1, 0.15) is 33.5 Å². The highest BCUT2D eigenvalue weighted by Crippen LogP contribution is 2.48. The minimum absolute atomic E-state index is 0.0511. The summed E-state index contributed by atoms with van der Waals surface area (Å²) in [5.41, 5.74) is 32.9. The van der Waals surface area contributed by atoms with Gasteiger partial charge in [0.2, 0.25) is 0 Å². The summed E-state index contributed by atoms with van der Waals surface area (Å²) < 4.78 is 19.2. The molecule has 0 spiro atoms. The summed E-state index contributed by atoms with van der Waals surface area (Å²) in [7, 11) is 0. The van der Waals surface area contributed by atoms with E-state index in [0.717, 1.165) is 155 Å². The van der Waals surface area contributed by atoms with Crippen LogP contribution >= 0.6 is 0 Å². The molecule has 0 aliphatic rings. The fourth-order valence-electron chi connectivity index (χ4n) is 20.5. The van der Waals surface area contributed by atoms with Crippen molar-refractivity contribution < 1.29 is 13.3 Å². The summed E-state index contributed by atoms with van der Waals surface area (Å²) in [6.45, 7) is 24.6. The third-order valence-corrected chi connectivity index (χ3v) is 26.8. The second-order valence-electron chi connectivity index (χ2n) is 37.5. The van der Waals surface area contributed by atoms with Crippen LogP contribution in [0.5, 0.6) is 0 Å². The van der Waals surface area contributed by atoms with Gasteiger partial charge in [0.15, 0.2) is 0 Å². The van der Waals surface area contributed by atoms with Crippen LogP contribution in [0.25, 0.3) is 241 Å². The second kappa shape index (κ2) is 30.9. The predicted molar refractivity (Wildman–Crippen MR) is 551 cm³/mol. The van der Waals surface area contributed by atoms with Gasteiger partial charge in [0.05, 0.1) is 33.6 Å². The van der Waals surface area contributed by atoms with E-state index in [0.29, 0.717) is 0 Å². The Labute approximate surface area is 754 Å². The van der Waals surface area contributed by atoms with Gasteiger partial charge in [-0.25, -0.2) is 15.0 Å². The molecule has 130 heavy (non-hydrogen) atoms. The van der Waals surface area contributed by atoms with Gasteiger partial charge >= 0.3 is 0 Å². The number of hydrogen-bond donors (Lipinski definition) is 0. The molecule has 25 aromatic rings. The van der Waals surface area contributed by atoms with Crippen molar-refractivity contribution in [3.05, 3.63) is 403 Å². The number of aryl methyl sites for hydroxylation is 5. The van der Waals surface area contributed by atoms with E-state index < -0.39 is 0 Å². The van der Waals surface area contributed by atoms with E-state index >= 15 is 0 Å². The molecule has 0 aliphatic heterocycles. The van der Waals surface area contributed by atoms with Crippen LogP contribution in [0.4, 0.5) is 0 Å². The van der Waals surface area contributed by atoms with Crippen molar-refractivity contribution in [2.45, 2.75) is 87.0 Å². The van der Waals surface area contributed by atoms with Crippen molar-refractivity contribution in [3.63, 3.8) is 0 Å². The summed E-state index contributed by atoms with van der Waals surface area (Å²) >= 11 is 0. The van der Waals surface area contributed by atoms with E-state index in [1.165, 1.54) is 125 Å². The maximum absolute atomic E-state index is 6.45. The number of para-hydroxylation sites is 6. The highest BCUT2D eigenvalue weighted by atomic mass is 16.3. The standard InChI is InChI=1S/C44H31NO.C43H37NO.C37H25NO/c1-26-22-27(2)41(28(3)23-26)39-25-38-34-16-5-4-14-32(34)33-15-6-7-18-36(33)43(38)45-42(39)30-13-10-12-29(24-30)31-19-11-20-37-35-17-8-9-21-40(35)46-44(31)37;1-42(2,3)28-17-19-31-33-21-22-38(44-40(33)34-20-18-29(43(4,5)6)25-37(34)36(31)24-28)27-12-9-11-26(23-27)30-14-10-15-35-32-13-7-8-16-39(32)45-41(30)35;1-22-13-15-27-29-17-18-34(38-36(29)30-16-14-23(2)20-33(30)32(27)19-22)25-8-5-7-24(21-25)26-10-6-11-31-28-9-3-4-12-35(28)39-37(26)31/h4-25H,1-3H3;7-25H,1-6H3;3-21H,1-2H3. The summed E-state index contributed by atoms with van der Waals surface area (Å²) in [5.74, 6) is 0. The van der Waals surface area contributed by atoms with Crippen LogP contribution in [-0.4, -0.2) is 15.0 Å². The number of aromatic nitrogens is 3. The van der Waals surface area contributed by atoms with E-state index in [2.05, 4.69) is 404 Å². The fourth-order valence-corrected chi connectivity index (χ4v) is 20.5. The molecule has 6 heteroatoms. The molecule has 0 radical (unpaired) electrons. The SMILES string of the molecule is CC(C)(C)c1ccc2c(c1)c1cc(C(C)(C)C)ccc1c1nc(-c3cccc(-c4cccc5c4oc4ccccc45)c3)ccc21.Cc1cc(C)c(-c2cc3c4ccccc4c4ccccc4c3nc2-c2cccc(-c3cccc4c3oc3ccccc34)c2)c(C)c1.Cc1ccc2c(c1)c1cc(C)ccc1c1nc(-c3cccc(-c4cccc5c4oc4ccccc45)c3)ccc21. The molecule has 622 valence electrons. The van der Waals surface area contributed by atoms with Crippen LogP contribution in [0.1, 0.15) is 80.5 Å². The maximum atomic E-state index is 6.45. The molecule has 0 unspecified atom stereocenters. The lowest BCUT2D eigenvalue weighted by atomic mass is 9.82.